The second kappa shape index (κ2) is 4.88. The predicted octanol–water partition coefficient (Wildman–Crippen LogP) is -0.598. The Morgan fingerprint density at radius 1 is 1.41 bits per heavy atom. The van der Waals surface area contributed by atoms with Gasteiger partial charge in [-0.3, -0.25) is 4.79 Å². The molecular formula is C10H11N3O4. The number of aliphatic carboxylic acids is 1. The van der Waals surface area contributed by atoms with Crippen LogP contribution in [-0.2, 0) is 9.53 Å². The van der Waals surface area contributed by atoms with Gasteiger partial charge in [0.1, 0.15) is 6.33 Å². The zero-order valence-electron chi connectivity index (χ0n) is 8.94. The highest BCUT2D eigenvalue weighted by molar-refractivity contribution is 5.94. The number of ether oxygens (including phenoxy) is 1. The van der Waals surface area contributed by atoms with Crippen molar-refractivity contribution in [3.63, 3.8) is 0 Å². The second-order valence-corrected chi connectivity index (χ2v) is 3.58. The summed E-state index contributed by atoms with van der Waals surface area (Å²) in [7, 11) is 0. The van der Waals surface area contributed by atoms with Gasteiger partial charge < -0.3 is 14.7 Å². The van der Waals surface area contributed by atoms with Gasteiger partial charge in [0.05, 0.1) is 18.7 Å². The molecule has 1 aromatic heterocycles. The van der Waals surface area contributed by atoms with Crippen molar-refractivity contribution in [1.29, 1.82) is 0 Å². The lowest BCUT2D eigenvalue weighted by Gasteiger charge is -2.30. The first kappa shape index (κ1) is 11.5. The van der Waals surface area contributed by atoms with Gasteiger partial charge in [-0.2, -0.15) is 0 Å². The lowest BCUT2D eigenvalue weighted by atomic mass is 10.2. The molecule has 0 aliphatic carbocycles. The Balaban J connectivity index is 2.07. The molecule has 1 unspecified atom stereocenters. The molecule has 1 aliphatic heterocycles. The Morgan fingerprint density at radius 3 is 2.76 bits per heavy atom. The first-order valence-corrected chi connectivity index (χ1v) is 5.07. The summed E-state index contributed by atoms with van der Waals surface area (Å²) in [5, 5.41) is 8.82. The molecule has 1 amide bonds. The SMILES string of the molecule is O=C(O)C1CN(C(=O)c2cncnc2)CCO1. The summed E-state index contributed by atoms with van der Waals surface area (Å²) in [6.07, 6.45) is 3.18. The van der Waals surface area contributed by atoms with Crippen molar-refractivity contribution in [3.05, 3.63) is 24.3 Å². The summed E-state index contributed by atoms with van der Waals surface area (Å²) in [5.41, 5.74) is 0.346. The Kier molecular flexibility index (Phi) is 3.29. The van der Waals surface area contributed by atoms with E-state index in [1.165, 1.54) is 23.6 Å². The third kappa shape index (κ3) is 2.56. The van der Waals surface area contributed by atoms with Gasteiger partial charge >= 0.3 is 5.97 Å². The number of rotatable bonds is 2. The highest BCUT2D eigenvalue weighted by Gasteiger charge is 2.29. The average Bonchev–Trinajstić information content (AvgIpc) is 2.39. The fourth-order valence-corrected chi connectivity index (χ4v) is 1.58. The van der Waals surface area contributed by atoms with Crippen LogP contribution in [0.2, 0.25) is 0 Å². The zero-order valence-corrected chi connectivity index (χ0v) is 8.94. The topological polar surface area (TPSA) is 92.6 Å². The number of morpholine rings is 1. The Labute approximate surface area is 97.0 Å². The smallest absolute Gasteiger partial charge is 0.334 e. The first-order chi connectivity index (χ1) is 8.18. The predicted molar refractivity (Wildman–Crippen MR) is 55.3 cm³/mol. The van der Waals surface area contributed by atoms with Crippen molar-refractivity contribution in [1.82, 2.24) is 14.9 Å². The van der Waals surface area contributed by atoms with Crippen LogP contribution in [0.1, 0.15) is 10.4 Å². The summed E-state index contributed by atoms with van der Waals surface area (Å²) in [5.74, 6) is -1.34. The standard InChI is InChI=1S/C10H11N3O4/c14-9(7-3-11-6-12-4-7)13-1-2-17-8(5-13)10(15)16/h3-4,6,8H,1-2,5H2,(H,15,16). The van der Waals surface area contributed by atoms with E-state index >= 15 is 0 Å². The Bertz CT molecular complexity index is 423. The van der Waals surface area contributed by atoms with Crippen LogP contribution in [0.5, 0.6) is 0 Å². The second-order valence-electron chi connectivity index (χ2n) is 3.58. The fourth-order valence-electron chi connectivity index (χ4n) is 1.58. The maximum Gasteiger partial charge on any atom is 0.334 e. The summed E-state index contributed by atoms with van der Waals surface area (Å²) in [6, 6.07) is 0. The van der Waals surface area contributed by atoms with Gasteiger partial charge in [-0.25, -0.2) is 14.8 Å². The molecule has 1 saturated heterocycles. The van der Waals surface area contributed by atoms with Gasteiger partial charge in [0.15, 0.2) is 6.10 Å². The highest BCUT2D eigenvalue weighted by atomic mass is 16.5. The van der Waals surface area contributed by atoms with E-state index in [2.05, 4.69) is 9.97 Å². The highest BCUT2D eigenvalue weighted by Crippen LogP contribution is 2.09. The molecule has 0 radical (unpaired) electrons. The molecule has 0 aromatic carbocycles. The number of amides is 1. The van der Waals surface area contributed by atoms with E-state index in [9.17, 15) is 9.59 Å². The van der Waals surface area contributed by atoms with Crippen LogP contribution in [0.25, 0.3) is 0 Å². The Hall–Kier alpha value is -2.02. The van der Waals surface area contributed by atoms with Crippen LogP contribution in [0.4, 0.5) is 0 Å². The van der Waals surface area contributed by atoms with Crippen LogP contribution in [0.3, 0.4) is 0 Å². The molecule has 0 saturated carbocycles. The van der Waals surface area contributed by atoms with Gasteiger partial charge in [0.25, 0.3) is 5.91 Å². The zero-order chi connectivity index (χ0) is 12.3. The minimum atomic E-state index is -1.06. The molecule has 1 aliphatic rings. The molecule has 7 heteroatoms. The molecule has 1 aromatic rings. The van der Waals surface area contributed by atoms with Crippen molar-refractivity contribution in [3.8, 4) is 0 Å². The molecule has 1 atom stereocenters. The monoisotopic (exact) mass is 237 g/mol. The minimum Gasteiger partial charge on any atom is -0.479 e. The van der Waals surface area contributed by atoms with Gasteiger partial charge in [-0.15, -0.1) is 0 Å². The quantitative estimate of drug-likeness (QED) is 0.738. The van der Waals surface area contributed by atoms with E-state index in [4.69, 9.17) is 9.84 Å². The van der Waals surface area contributed by atoms with Gasteiger partial charge in [0, 0.05) is 18.9 Å². The number of carbonyl (C=O) groups is 2. The van der Waals surface area contributed by atoms with Crippen molar-refractivity contribution in [2.45, 2.75) is 6.10 Å². The van der Waals surface area contributed by atoms with E-state index in [1.54, 1.807) is 0 Å². The van der Waals surface area contributed by atoms with E-state index in [1.807, 2.05) is 0 Å². The molecule has 17 heavy (non-hydrogen) atoms. The van der Waals surface area contributed by atoms with Gasteiger partial charge in [-0.1, -0.05) is 0 Å². The van der Waals surface area contributed by atoms with Crippen molar-refractivity contribution in [2.24, 2.45) is 0 Å². The third-order valence-electron chi connectivity index (χ3n) is 2.44. The summed E-state index contributed by atoms with van der Waals surface area (Å²) >= 11 is 0. The van der Waals surface area contributed by atoms with Crippen molar-refractivity contribution >= 4 is 11.9 Å². The normalized spacial score (nSPS) is 20.0. The number of hydrogen-bond acceptors (Lipinski definition) is 5. The number of nitrogens with zero attached hydrogens (tertiary/aromatic N) is 3. The molecule has 1 N–H and O–H groups in total. The number of carboxylic acids is 1. The van der Waals surface area contributed by atoms with Gasteiger partial charge in [-0.05, 0) is 0 Å². The average molecular weight is 237 g/mol. The van der Waals surface area contributed by atoms with Crippen molar-refractivity contribution < 1.29 is 19.4 Å². The molecule has 2 rings (SSSR count). The van der Waals surface area contributed by atoms with E-state index in [0.29, 0.717) is 12.1 Å². The number of hydrogen-bond donors (Lipinski definition) is 1. The van der Waals surface area contributed by atoms with E-state index < -0.39 is 12.1 Å². The first-order valence-electron chi connectivity index (χ1n) is 5.07. The van der Waals surface area contributed by atoms with Crippen molar-refractivity contribution in [2.75, 3.05) is 19.7 Å². The largest absolute Gasteiger partial charge is 0.479 e. The lowest BCUT2D eigenvalue weighted by Crippen LogP contribution is -2.48. The van der Waals surface area contributed by atoms with Gasteiger partial charge in [0.2, 0.25) is 0 Å². The van der Waals surface area contributed by atoms with Crippen LogP contribution in [0.15, 0.2) is 18.7 Å². The van der Waals surface area contributed by atoms with Crippen LogP contribution in [0, 0.1) is 0 Å². The maximum absolute atomic E-state index is 12.0. The molecule has 1 fully saturated rings. The molecule has 90 valence electrons. The lowest BCUT2D eigenvalue weighted by molar-refractivity contribution is -0.154. The molecule has 7 nitrogen and oxygen atoms in total. The molecular weight excluding hydrogens is 226 g/mol. The molecule has 2 heterocycles. The summed E-state index contributed by atoms with van der Waals surface area (Å²) < 4.78 is 5.03. The summed E-state index contributed by atoms with van der Waals surface area (Å²) in [4.78, 5) is 31.7. The number of carbonyl (C=O) groups excluding carboxylic acids is 1. The fraction of sp³-hybridized carbons (Fsp3) is 0.400. The Morgan fingerprint density at radius 2 is 2.12 bits per heavy atom. The summed E-state index contributed by atoms with van der Waals surface area (Å²) in [6.45, 7) is 0.636. The van der Waals surface area contributed by atoms with E-state index in [-0.39, 0.29) is 19.1 Å². The number of carboxylic acid groups (broad SMARTS) is 1. The van der Waals surface area contributed by atoms with E-state index in [0.717, 1.165) is 0 Å². The molecule has 0 bridgehead atoms. The number of aromatic nitrogens is 2. The van der Waals surface area contributed by atoms with Crippen LogP contribution >= 0.6 is 0 Å². The van der Waals surface area contributed by atoms with Crippen LogP contribution in [-0.4, -0.2) is 57.7 Å². The molecule has 0 spiro atoms. The maximum atomic E-state index is 12.0. The van der Waals surface area contributed by atoms with Crippen LogP contribution < -0.4 is 0 Å². The third-order valence-corrected chi connectivity index (χ3v) is 2.44. The minimum absolute atomic E-state index is 0.0447.